The van der Waals surface area contributed by atoms with E-state index in [9.17, 15) is 5.11 Å². The summed E-state index contributed by atoms with van der Waals surface area (Å²) in [4.78, 5) is 0. The lowest BCUT2D eigenvalue weighted by atomic mass is 9.69. The van der Waals surface area contributed by atoms with Crippen molar-refractivity contribution in [2.24, 2.45) is 23.2 Å². The van der Waals surface area contributed by atoms with Crippen molar-refractivity contribution < 1.29 is 9.67 Å². The van der Waals surface area contributed by atoms with Crippen molar-refractivity contribution in [1.82, 2.24) is 0 Å². The molecule has 1 heterocycles. The molecule has 154 valence electrons. The maximum absolute atomic E-state index is 15.2. The molecule has 0 amide bonds. The minimum absolute atomic E-state index is 0.0813. The highest BCUT2D eigenvalue weighted by atomic mass is 31.2. The fourth-order valence-electron chi connectivity index (χ4n) is 7.36. The molecule has 3 aliphatic rings. The summed E-state index contributed by atoms with van der Waals surface area (Å²) in [7, 11) is -2.81. The summed E-state index contributed by atoms with van der Waals surface area (Å²) in [6, 6.07) is 20.5. The maximum atomic E-state index is 15.2. The van der Waals surface area contributed by atoms with Gasteiger partial charge >= 0.3 is 0 Å². The standard InChI is InChI=1S/C26H33O2P/c1-24(2)20-15-22-25(3,16-21(20)24)29(28,17-18-11-7-5-8-12-18)23(26(22,4)27)19-13-9-6-10-14-19/h5-14,20-23,27H,15-17H2,1-4H3/t20-,21+,22+,23+,25-,26+,29-/m1/s1. The van der Waals surface area contributed by atoms with Crippen molar-refractivity contribution in [3.05, 3.63) is 71.8 Å². The predicted molar refractivity (Wildman–Crippen MR) is 119 cm³/mol. The van der Waals surface area contributed by atoms with Gasteiger partial charge in [-0.05, 0) is 48.1 Å². The fourth-order valence-corrected chi connectivity index (χ4v) is 12.3. The Morgan fingerprint density at radius 3 is 2.14 bits per heavy atom. The molecule has 0 bridgehead atoms. The average Bonchev–Trinajstić information content (AvgIpc) is 3.16. The highest BCUT2D eigenvalue weighted by Gasteiger charge is 2.76. The molecule has 0 aromatic heterocycles. The van der Waals surface area contributed by atoms with E-state index in [4.69, 9.17) is 0 Å². The zero-order valence-electron chi connectivity index (χ0n) is 18.0. The van der Waals surface area contributed by atoms with Gasteiger partial charge in [-0.3, -0.25) is 0 Å². The molecule has 0 spiro atoms. The summed E-state index contributed by atoms with van der Waals surface area (Å²) >= 11 is 0. The van der Waals surface area contributed by atoms with Gasteiger partial charge in [-0.2, -0.15) is 0 Å². The molecule has 1 saturated heterocycles. The molecule has 29 heavy (non-hydrogen) atoms. The van der Waals surface area contributed by atoms with Gasteiger partial charge in [0.2, 0.25) is 0 Å². The molecule has 0 radical (unpaired) electrons. The van der Waals surface area contributed by atoms with Crippen molar-refractivity contribution in [3.8, 4) is 0 Å². The van der Waals surface area contributed by atoms with E-state index in [2.05, 4.69) is 45.0 Å². The smallest absolute Gasteiger partial charge is 0.108 e. The first kappa shape index (κ1) is 19.6. The summed E-state index contributed by atoms with van der Waals surface area (Å²) in [5.74, 6) is 1.38. The molecule has 1 aliphatic heterocycles. The topological polar surface area (TPSA) is 37.3 Å². The molecule has 7 atom stereocenters. The van der Waals surface area contributed by atoms with Crippen LogP contribution < -0.4 is 0 Å². The Bertz CT molecular complexity index is 965. The third-order valence-electron chi connectivity index (χ3n) is 9.08. The highest BCUT2D eigenvalue weighted by molar-refractivity contribution is 7.65. The first-order valence-corrected chi connectivity index (χ1v) is 13.0. The Morgan fingerprint density at radius 1 is 0.931 bits per heavy atom. The average molecular weight is 409 g/mol. The van der Waals surface area contributed by atoms with Gasteiger partial charge < -0.3 is 9.67 Å². The van der Waals surface area contributed by atoms with Gasteiger partial charge in [0.25, 0.3) is 0 Å². The summed E-state index contributed by atoms with van der Waals surface area (Å²) in [5.41, 5.74) is 1.24. The van der Waals surface area contributed by atoms with Crippen LogP contribution in [-0.4, -0.2) is 15.9 Å². The van der Waals surface area contributed by atoms with Gasteiger partial charge in [0, 0.05) is 17.2 Å². The lowest BCUT2D eigenvalue weighted by Gasteiger charge is -2.42. The molecule has 3 heteroatoms. The second-order valence-corrected chi connectivity index (χ2v) is 14.3. The first-order valence-electron chi connectivity index (χ1n) is 11.0. The molecular formula is C26H33O2P. The van der Waals surface area contributed by atoms with E-state index in [-0.39, 0.29) is 16.7 Å². The van der Waals surface area contributed by atoms with Crippen LogP contribution in [0.3, 0.4) is 0 Å². The zero-order chi connectivity index (χ0) is 20.7. The summed E-state index contributed by atoms with van der Waals surface area (Å²) in [5, 5.41) is 11.7. The number of aliphatic hydroxyl groups is 1. The van der Waals surface area contributed by atoms with Gasteiger partial charge in [-0.15, -0.1) is 0 Å². The van der Waals surface area contributed by atoms with Crippen molar-refractivity contribution in [3.63, 3.8) is 0 Å². The van der Waals surface area contributed by atoms with Crippen LogP contribution in [-0.2, 0) is 10.7 Å². The van der Waals surface area contributed by atoms with Gasteiger partial charge in [0.1, 0.15) is 7.14 Å². The molecule has 2 aromatic rings. The molecule has 5 rings (SSSR count). The van der Waals surface area contributed by atoms with E-state index in [0.29, 0.717) is 23.4 Å². The normalized spacial score (nSPS) is 44.7. The Morgan fingerprint density at radius 2 is 1.52 bits per heavy atom. The molecule has 0 unspecified atom stereocenters. The van der Waals surface area contributed by atoms with Gasteiger partial charge in [-0.1, -0.05) is 81.4 Å². The second kappa shape index (κ2) is 6.08. The number of hydrogen-bond donors (Lipinski definition) is 1. The lowest BCUT2D eigenvalue weighted by Crippen LogP contribution is -2.44. The first-order chi connectivity index (χ1) is 13.6. The zero-order valence-corrected chi connectivity index (χ0v) is 18.9. The van der Waals surface area contributed by atoms with E-state index in [1.54, 1.807) is 0 Å². The number of hydrogen-bond acceptors (Lipinski definition) is 2. The Labute approximate surface area is 175 Å². The largest absolute Gasteiger partial charge is 0.389 e. The molecule has 1 N–H and O–H groups in total. The Kier molecular flexibility index (Phi) is 4.11. The van der Waals surface area contributed by atoms with Crippen LogP contribution in [0.25, 0.3) is 0 Å². The minimum Gasteiger partial charge on any atom is -0.389 e. The third-order valence-corrected chi connectivity index (χ3v) is 13.8. The molecule has 2 aliphatic carbocycles. The van der Waals surface area contributed by atoms with Crippen LogP contribution in [0.1, 0.15) is 57.3 Å². The van der Waals surface area contributed by atoms with Crippen molar-refractivity contribution in [2.45, 2.75) is 63.1 Å². The van der Waals surface area contributed by atoms with E-state index in [0.717, 1.165) is 24.0 Å². The maximum Gasteiger partial charge on any atom is 0.108 e. The van der Waals surface area contributed by atoms with E-state index in [1.807, 2.05) is 43.3 Å². The lowest BCUT2D eigenvalue weighted by molar-refractivity contribution is -0.0195. The Hall–Kier alpha value is -1.37. The summed E-state index contributed by atoms with van der Waals surface area (Å²) < 4.78 is 15.2. The van der Waals surface area contributed by atoms with E-state index >= 15 is 4.57 Å². The number of rotatable bonds is 3. The molecular weight excluding hydrogens is 375 g/mol. The van der Waals surface area contributed by atoms with Gasteiger partial charge in [-0.25, -0.2) is 0 Å². The number of fused-ring (bicyclic) bond motifs is 2. The van der Waals surface area contributed by atoms with Crippen LogP contribution in [0.4, 0.5) is 0 Å². The van der Waals surface area contributed by atoms with Crippen molar-refractivity contribution >= 4 is 7.14 Å². The van der Waals surface area contributed by atoms with Crippen LogP contribution in [0, 0.1) is 23.2 Å². The Balaban J connectivity index is 1.68. The quantitative estimate of drug-likeness (QED) is 0.589. The van der Waals surface area contributed by atoms with Crippen LogP contribution in [0.2, 0.25) is 0 Å². The van der Waals surface area contributed by atoms with Crippen molar-refractivity contribution in [1.29, 1.82) is 0 Å². The number of benzene rings is 2. The monoisotopic (exact) mass is 408 g/mol. The predicted octanol–water partition coefficient (Wildman–Crippen LogP) is 6.50. The highest BCUT2D eigenvalue weighted by Crippen LogP contribution is 2.87. The van der Waals surface area contributed by atoms with Crippen LogP contribution >= 0.6 is 7.14 Å². The molecule has 2 saturated carbocycles. The van der Waals surface area contributed by atoms with Gasteiger partial charge in [0.05, 0.1) is 11.3 Å². The third kappa shape index (κ3) is 2.55. The minimum atomic E-state index is -2.81. The fraction of sp³-hybridized carbons (Fsp3) is 0.538. The molecule has 2 nitrogen and oxygen atoms in total. The molecule has 2 aromatic carbocycles. The van der Waals surface area contributed by atoms with E-state index in [1.165, 1.54) is 0 Å². The van der Waals surface area contributed by atoms with Gasteiger partial charge in [0.15, 0.2) is 0 Å². The summed E-state index contributed by atoms with van der Waals surface area (Å²) in [6.07, 6.45) is 2.57. The van der Waals surface area contributed by atoms with E-state index < -0.39 is 12.7 Å². The second-order valence-electron chi connectivity index (χ2n) is 10.9. The van der Waals surface area contributed by atoms with Crippen molar-refractivity contribution in [2.75, 3.05) is 0 Å². The SMILES string of the molecule is CC1(C)[C@@H]2C[C@@H]3[C@](C)(O)[C@H](c4ccccc4)[P@](=O)(Cc4ccccc4)[C@]3(C)C[C@@H]21. The van der Waals surface area contributed by atoms with Crippen LogP contribution in [0.15, 0.2) is 60.7 Å². The molecule has 3 fully saturated rings. The van der Waals surface area contributed by atoms with Crippen LogP contribution in [0.5, 0.6) is 0 Å². The summed E-state index contributed by atoms with van der Waals surface area (Å²) in [6.45, 7) is 8.95.